The lowest BCUT2D eigenvalue weighted by atomic mass is 10.0. The van der Waals surface area contributed by atoms with E-state index < -0.39 is 24.4 Å². The largest absolute Gasteiger partial charge is 0.459 e. The van der Waals surface area contributed by atoms with E-state index in [4.69, 9.17) is 23.2 Å². The summed E-state index contributed by atoms with van der Waals surface area (Å²) >= 11 is 12.5. The van der Waals surface area contributed by atoms with Crippen molar-refractivity contribution in [2.75, 3.05) is 0 Å². The van der Waals surface area contributed by atoms with Crippen LogP contribution >= 0.6 is 23.2 Å². The number of aryl methyl sites for hydroxylation is 1. The minimum atomic E-state index is -6.25. The lowest BCUT2D eigenvalue weighted by molar-refractivity contribution is -0.693. The Morgan fingerprint density at radius 3 is 1.81 bits per heavy atom. The number of hydrogen-bond donors (Lipinski definition) is 0. The second-order valence-corrected chi connectivity index (χ2v) is 9.89. The zero-order chi connectivity index (χ0) is 27.0. The van der Waals surface area contributed by atoms with E-state index in [1.807, 2.05) is 37.5 Å². The molecule has 204 valence electrons. The first-order valence-corrected chi connectivity index (χ1v) is 12.8. The van der Waals surface area contributed by atoms with Gasteiger partial charge in [0.05, 0.1) is 6.54 Å². The lowest BCUT2D eigenvalue weighted by Gasteiger charge is -2.28. The van der Waals surface area contributed by atoms with Crippen molar-refractivity contribution < 1.29 is 35.3 Å². The first-order valence-electron chi connectivity index (χ1n) is 12.1. The molecular weight excluding hydrogens is 532 g/mol. The van der Waals surface area contributed by atoms with Gasteiger partial charge in [0.1, 0.15) is 18.9 Å². The maximum Gasteiger partial charge on any atom is 0.459 e. The summed E-state index contributed by atoms with van der Waals surface area (Å²) in [5.74, 6) is -9.99. The molecule has 1 aromatic carbocycles. The fourth-order valence-corrected chi connectivity index (χ4v) is 4.55. The summed E-state index contributed by atoms with van der Waals surface area (Å²) in [4.78, 5) is 0. The molecule has 0 aliphatic rings. The van der Waals surface area contributed by atoms with Gasteiger partial charge in [0.2, 0.25) is 0 Å². The molecule has 0 unspecified atom stereocenters. The molecule has 1 aromatic heterocycles. The summed E-state index contributed by atoms with van der Waals surface area (Å²) in [5.41, 5.74) is 0.875. The second kappa shape index (κ2) is 13.4. The van der Waals surface area contributed by atoms with Crippen molar-refractivity contribution in [1.82, 2.24) is 4.57 Å². The molecule has 1 heterocycles. The Labute approximate surface area is 217 Å². The zero-order valence-electron chi connectivity index (χ0n) is 20.2. The fourth-order valence-electron chi connectivity index (χ4n) is 4.03. The first-order chi connectivity index (χ1) is 16.8. The van der Waals surface area contributed by atoms with Crippen molar-refractivity contribution in [2.45, 2.75) is 102 Å². The molecule has 36 heavy (non-hydrogen) atoms. The molecule has 0 aliphatic heterocycles. The fraction of sp³-hybridized carbons (Fsp3) is 0.640. The molecular formula is C25H32Cl2F7N2+. The van der Waals surface area contributed by atoms with Gasteiger partial charge < -0.3 is 0 Å². The number of aromatic nitrogens is 2. The average molecular weight is 564 g/mol. The maximum absolute atomic E-state index is 13.2. The number of hydrogen-bond acceptors (Lipinski definition) is 0. The number of rotatable bonds is 15. The van der Waals surface area contributed by atoms with E-state index in [1.165, 1.54) is 0 Å². The van der Waals surface area contributed by atoms with Crippen LogP contribution in [0.15, 0.2) is 30.6 Å². The molecule has 2 nitrogen and oxygen atoms in total. The highest BCUT2D eigenvalue weighted by molar-refractivity contribution is 6.35. The minimum Gasteiger partial charge on any atom is -0.234 e. The van der Waals surface area contributed by atoms with Crippen LogP contribution in [0.25, 0.3) is 0 Å². The minimum absolute atomic E-state index is 0.204. The monoisotopic (exact) mass is 563 g/mol. The van der Waals surface area contributed by atoms with E-state index in [2.05, 4.69) is 9.13 Å². The molecule has 0 bridgehead atoms. The second-order valence-electron chi connectivity index (χ2n) is 9.08. The van der Waals surface area contributed by atoms with Gasteiger partial charge in [-0.15, -0.1) is 0 Å². The van der Waals surface area contributed by atoms with Crippen LogP contribution in [0.5, 0.6) is 0 Å². The van der Waals surface area contributed by atoms with Crippen molar-refractivity contribution in [3.63, 3.8) is 0 Å². The number of benzene rings is 1. The molecule has 0 amide bonds. The lowest BCUT2D eigenvalue weighted by Crippen LogP contribution is -2.51. The van der Waals surface area contributed by atoms with Gasteiger partial charge in [0, 0.05) is 29.0 Å². The number of imidazole rings is 1. The topological polar surface area (TPSA) is 8.81 Å². The van der Waals surface area contributed by atoms with Crippen LogP contribution < -0.4 is 4.57 Å². The molecule has 0 aliphatic carbocycles. The molecule has 11 heteroatoms. The van der Waals surface area contributed by atoms with Gasteiger partial charge in [-0.3, -0.25) is 0 Å². The highest BCUT2D eigenvalue weighted by atomic mass is 35.5. The zero-order valence-corrected chi connectivity index (χ0v) is 21.7. The van der Waals surface area contributed by atoms with Crippen LogP contribution in [-0.2, 0) is 13.1 Å². The Balaban J connectivity index is 1.57. The van der Waals surface area contributed by atoms with Gasteiger partial charge in [-0.1, -0.05) is 67.8 Å². The molecule has 0 spiro atoms. The Hall–Kier alpha value is -1.48. The molecule has 0 atom stereocenters. The summed E-state index contributed by atoms with van der Waals surface area (Å²) in [5, 5.41) is 1.26. The van der Waals surface area contributed by atoms with Crippen LogP contribution in [0.4, 0.5) is 30.7 Å². The van der Waals surface area contributed by atoms with Gasteiger partial charge in [0.25, 0.3) is 5.82 Å². The van der Waals surface area contributed by atoms with Crippen molar-refractivity contribution in [3.05, 3.63) is 52.0 Å². The van der Waals surface area contributed by atoms with Gasteiger partial charge in [0.15, 0.2) is 0 Å². The van der Waals surface area contributed by atoms with Crippen molar-refractivity contribution in [1.29, 1.82) is 0 Å². The van der Waals surface area contributed by atoms with Crippen LogP contribution in [0.1, 0.15) is 75.6 Å². The summed E-state index contributed by atoms with van der Waals surface area (Å²) in [6.45, 7) is 3.48. The molecule has 2 rings (SSSR count). The Morgan fingerprint density at radius 1 is 0.778 bits per heavy atom. The molecule has 0 radical (unpaired) electrons. The third kappa shape index (κ3) is 8.27. The normalized spacial score (nSPS) is 12.9. The summed E-state index contributed by atoms with van der Waals surface area (Å²) in [7, 11) is 0. The highest BCUT2D eigenvalue weighted by Crippen LogP contribution is 2.48. The first kappa shape index (κ1) is 30.7. The van der Waals surface area contributed by atoms with E-state index in [0.29, 0.717) is 23.0 Å². The quantitative estimate of drug-likeness (QED) is 0.116. The number of unbranched alkanes of at least 4 members (excludes halogenated alkanes) is 8. The smallest absolute Gasteiger partial charge is 0.234 e. The van der Waals surface area contributed by atoms with Crippen LogP contribution in [0, 0.1) is 6.92 Å². The van der Waals surface area contributed by atoms with E-state index in [0.717, 1.165) is 56.5 Å². The summed E-state index contributed by atoms with van der Waals surface area (Å²) < 4.78 is 92.8. The van der Waals surface area contributed by atoms with Crippen LogP contribution in [0.3, 0.4) is 0 Å². The third-order valence-corrected chi connectivity index (χ3v) is 7.06. The van der Waals surface area contributed by atoms with Crippen molar-refractivity contribution >= 4 is 23.2 Å². The van der Waals surface area contributed by atoms with Crippen LogP contribution in [-0.4, -0.2) is 22.6 Å². The standard InChI is InChI=1S/C25H32Cl2F7N2/c1-19-35(16-17-36(19)18-20-21(26)12-11-13-22(20)27)15-10-8-6-4-2-3-5-7-9-14-23(28,29)24(30,31)25(32,33)34/h11-13,16-17H,2-10,14-15,18H2,1H3/q+1. The predicted octanol–water partition coefficient (Wildman–Crippen LogP) is 9.17. The number of nitrogens with zero attached hydrogens (tertiary/aromatic N) is 2. The molecule has 0 N–H and O–H groups in total. The SMILES string of the molecule is Cc1n(CCCCCCCCCCCC(F)(F)C(F)(F)C(F)(F)F)cc[n+]1Cc1c(Cl)cccc1Cl. The van der Waals surface area contributed by atoms with E-state index in [1.54, 1.807) is 0 Å². The third-order valence-electron chi connectivity index (χ3n) is 6.35. The average Bonchev–Trinajstić information content (AvgIpc) is 3.13. The van der Waals surface area contributed by atoms with Crippen LogP contribution in [0.2, 0.25) is 10.0 Å². The van der Waals surface area contributed by atoms with Gasteiger partial charge in [-0.25, -0.2) is 9.13 Å². The molecule has 0 saturated carbocycles. The van der Waals surface area contributed by atoms with E-state index in [9.17, 15) is 30.7 Å². The number of halogens is 9. The highest BCUT2D eigenvalue weighted by Gasteiger charge is 2.72. The number of alkyl halides is 7. The Morgan fingerprint density at radius 2 is 1.28 bits per heavy atom. The van der Waals surface area contributed by atoms with Gasteiger partial charge in [-0.2, -0.15) is 30.7 Å². The van der Waals surface area contributed by atoms with Crippen molar-refractivity contribution in [3.8, 4) is 0 Å². The Bertz CT molecular complexity index is 938. The predicted molar refractivity (Wildman–Crippen MR) is 127 cm³/mol. The summed E-state index contributed by atoms with van der Waals surface area (Å²) in [6, 6.07) is 5.44. The van der Waals surface area contributed by atoms with Gasteiger partial charge in [-0.05, 0) is 31.4 Å². The van der Waals surface area contributed by atoms with Crippen molar-refractivity contribution in [2.24, 2.45) is 0 Å². The Kier molecular flexibility index (Phi) is 11.4. The maximum atomic E-state index is 13.2. The van der Waals surface area contributed by atoms with Gasteiger partial charge >= 0.3 is 18.0 Å². The molecule has 0 saturated heterocycles. The van der Waals surface area contributed by atoms with E-state index in [-0.39, 0.29) is 12.8 Å². The molecule has 2 aromatic rings. The summed E-state index contributed by atoms with van der Waals surface area (Å²) in [6.07, 6.45) is 2.26. The molecule has 0 fully saturated rings. The van der Waals surface area contributed by atoms with E-state index >= 15 is 0 Å².